The van der Waals surface area contributed by atoms with Gasteiger partial charge in [-0.15, -0.1) is 0 Å². The zero-order chi connectivity index (χ0) is 10.7. The molecule has 0 unspecified atom stereocenters. The Morgan fingerprint density at radius 2 is 2.27 bits per heavy atom. The van der Waals surface area contributed by atoms with Crippen molar-refractivity contribution in [3.63, 3.8) is 0 Å². The highest BCUT2D eigenvalue weighted by Gasteiger charge is 2.06. The standard InChI is InChI=1S/C9H7ClN4O/c10-7-1-2-11-5-8(7)13-9(15)14-4-3-12-6-14/h1-6H,(H,13,15). The molecule has 1 amide bonds. The molecule has 0 saturated carbocycles. The zero-order valence-electron chi connectivity index (χ0n) is 7.59. The van der Waals surface area contributed by atoms with E-state index in [4.69, 9.17) is 11.6 Å². The summed E-state index contributed by atoms with van der Waals surface area (Å²) in [6.45, 7) is 0. The van der Waals surface area contributed by atoms with Crippen LogP contribution in [0.15, 0.2) is 37.2 Å². The molecule has 0 saturated heterocycles. The van der Waals surface area contributed by atoms with Crippen LogP contribution in [0.4, 0.5) is 10.5 Å². The second-order valence-electron chi connectivity index (χ2n) is 2.76. The van der Waals surface area contributed by atoms with Gasteiger partial charge < -0.3 is 5.32 Å². The molecule has 2 rings (SSSR count). The third-order valence-electron chi connectivity index (χ3n) is 1.75. The van der Waals surface area contributed by atoms with Crippen molar-refractivity contribution in [3.8, 4) is 0 Å². The fraction of sp³-hybridized carbons (Fsp3) is 0. The fourth-order valence-corrected chi connectivity index (χ4v) is 1.18. The van der Waals surface area contributed by atoms with Crippen molar-refractivity contribution >= 4 is 23.3 Å². The Morgan fingerprint density at radius 1 is 1.40 bits per heavy atom. The number of anilines is 1. The van der Waals surface area contributed by atoms with Gasteiger partial charge in [-0.25, -0.2) is 9.78 Å². The lowest BCUT2D eigenvalue weighted by Gasteiger charge is -2.05. The van der Waals surface area contributed by atoms with Gasteiger partial charge in [-0.1, -0.05) is 11.6 Å². The van der Waals surface area contributed by atoms with Crippen molar-refractivity contribution in [1.82, 2.24) is 14.5 Å². The molecule has 0 aromatic carbocycles. The lowest BCUT2D eigenvalue weighted by Crippen LogP contribution is -2.18. The minimum absolute atomic E-state index is 0.331. The highest BCUT2D eigenvalue weighted by molar-refractivity contribution is 6.33. The third-order valence-corrected chi connectivity index (χ3v) is 2.08. The van der Waals surface area contributed by atoms with Gasteiger partial charge in [0, 0.05) is 18.6 Å². The number of hydrogen-bond acceptors (Lipinski definition) is 3. The maximum Gasteiger partial charge on any atom is 0.331 e. The van der Waals surface area contributed by atoms with Gasteiger partial charge in [0.25, 0.3) is 0 Å². The summed E-state index contributed by atoms with van der Waals surface area (Å²) >= 11 is 5.85. The van der Waals surface area contributed by atoms with Crippen LogP contribution in [0.1, 0.15) is 0 Å². The molecule has 0 bridgehead atoms. The zero-order valence-corrected chi connectivity index (χ0v) is 8.35. The molecule has 15 heavy (non-hydrogen) atoms. The van der Waals surface area contributed by atoms with Crippen LogP contribution in [-0.4, -0.2) is 20.6 Å². The molecule has 2 aromatic heterocycles. The number of nitrogens with zero attached hydrogens (tertiary/aromatic N) is 3. The highest BCUT2D eigenvalue weighted by atomic mass is 35.5. The van der Waals surface area contributed by atoms with Crippen LogP contribution in [0, 0.1) is 0 Å². The first kappa shape index (κ1) is 9.67. The van der Waals surface area contributed by atoms with Gasteiger partial charge in [-0.2, -0.15) is 0 Å². The molecule has 0 radical (unpaired) electrons. The van der Waals surface area contributed by atoms with Crippen LogP contribution in [0.3, 0.4) is 0 Å². The molecular weight excluding hydrogens is 216 g/mol. The largest absolute Gasteiger partial charge is 0.331 e. The molecule has 2 heterocycles. The summed E-state index contributed by atoms with van der Waals surface area (Å²) in [5, 5.41) is 3.05. The summed E-state index contributed by atoms with van der Waals surface area (Å²) in [5.74, 6) is 0. The normalized spacial score (nSPS) is 9.93. The van der Waals surface area contributed by atoms with E-state index in [1.165, 1.54) is 23.3 Å². The summed E-state index contributed by atoms with van der Waals surface area (Å²) in [7, 11) is 0. The quantitative estimate of drug-likeness (QED) is 0.803. The molecule has 1 N–H and O–H groups in total. The molecule has 76 valence electrons. The topological polar surface area (TPSA) is 59.8 Å². The number of carbonyl (C=O) groups is 1. The predicted octanol–water partition coefficient (Wildman–Crippen LogP) is 2.01. The first-order chi connectivity index (χ1) is 7.27. The predicted molar refractivity (Wildman–Crippen MR) is 55.9 cm³/mol. The molecule has 6 heteroatoms. The Morgan fingerprint density at radius 3 is 2.93 bits per heavy atom. The lowest BCUT2D eigenvalue weighted by atomic mass is 10.4. The van der Waals surface area contributed by atoms with E-state index in [2.05, 4.69) is 15.3 Å². The van der Waals surface area contributed by atoms with Gasteiger partial charge in [-0.3, -0.25) is 9.55 Å². The van der Waals surface area contributed by atoms with E-state index in [0.717, 1.165) is 0 Å². The van der Waals surface area contributed by atoms with Gasteiger partial charge in [0.05, 0.1) is 16.9 Å². The Balaban J connectivity index is 2.17. The summed E-state index contributed by atoms with van der Waals surface area (Å²) in [6, 6.07) is 1.27. The summed E-state index contributed by atoms with van der Waals surface area (Å²) < 4.78 is 1.31. The highest BCUT2D eigenvalue weighted by Crippen LogP contribution is 2.18. The maximum atomic E-state index is 11.6. The molecule has 0 spiro atoms. The van der Waals surface area contributed by atoms with Crippen LogP contribution in [0.5, 0.6) is 0 Å². The maximum absolute atomic E-state index is 11.6. The van der Waals surface area contributed by atoms with Gasteiger partial charge >= 0.3 is 6.03 Å². The van der Waals surface area contributed by atoms with Crippen molar-refractivity contribution < 1.29 is 4.79 Å². The lowest BCUT2D eigenvalue weighted by molar-refractivity contribution is 0.253. The first-order valence-corrected chi connectivity index (χ1v) is 4.54. The summed E-state index contributed by atoms with van der Waals surface area (Å²) in [4.78, 5) is 19.2. The Hall–Kier alpha value is -1.88. The van der Waals surface area contributed by atoms with E-state index in [1.807, 2.05) is 0 Å². The average molecular weight is 223 g/mol. The van der Waals surface area contributed by atoms with E-state index in [0.29, 0.717) is 10.7 Å². The molecule has 0 aliphatic rings. The Labute approximate surface area is 90.7 Å². The van der Waals surface area contributed by atoms with E-state index in [9.17, 15) is 4.79 Å². The molecule has 5 nitrogen and oxygen atoms in total. The SMILES string of the molecule is O=C(Nc1cnccc1Cl)n1ccnc1. The van der Waals surface area contributed by atoms with Crippen LogP contribution >= 0.6 is 11.6 Å². The van der Waals surface area contributed by atoms with Crippen LogP contribution < -0.4 is 5.32 Å². The number of nitrogens with one attached hydrogen (secondary N) is 1. The van der Waals surface area contributed by atoms with E-state index < -0.39 is 0 Å². The van der Waals surface area contributed by atoms with E-state index in [-0.39, 0.29) is 6.03 Å². The number of pyridine rings is 1. The van der Waals surface area contributed by atoms with Crippen molar-refractivity contribution in [1.29, 1.82) is 0 Å². The Bertz CT molecular complexity index is 469. The van der Waals surface area contributed by atoms with Crippen LogP contribution in [0.2, 0.25) is 5.02 Å². The number of hydrogen-bond donors (Lipinski definition) is 1. The van der Waals surface area contributed by atoms with Crippen molar-refractivity contribution in [2.45, 2.75) is 0 Å². The second-order valence-corrected chi connectivity index (χ2v) is 3.16. The number of aromatic nitrogens is 3. The van der Waals surface area contributed by atoms with Crippen molar-refractivity contribution in [2.75, 3.05) is 5.32 Å². The van der Waals surface area contributed by atoms with Crippen molar-refractivity contribution in [3.05, 3.63) is 42.2 Å². The fourth-order valence-electron chi connectivity index (χ4n) is 1.03. The Kier molecular flexibility index (Phi) is 2.64. The van der Waals surface area contributed by atoms with E-state index >= 15 is 0 Å². The second kappa shape index (κ2) is 4.10. The van der Waals surface area contributed by atoms with Crippen LogP contribution in [0.25, 0.3) is 0 Å². The third kappa shape index (κ3) is 2.13. The molecule has 0 fully saturated rings. The molecule has 0 atom stereocenters. The number of halogens is 1. The van der Waals surface area contributed by atoms with Crippen molar-refractivity contribution in [2.24, 2.45) is 0 Å². The van der Waals surface area contributed by atoms with Gasteiger partial charge in [-0.05, 0) is 6.07 Å². The van der Waals surface area contributed by atoms with Gasteiger partial charge in [0.2, 0.25) is 0 Å². The van der Waals surface area contributed by atoms with Gasteiger partial charge in [0.1, 0.15) is 6.33 Å². The van der Waals surface area contributed by atoms with Crippen LogP contribution in [-0.2, 0) is 0 Å². The molecule has 0 aliphatic heterocycles. The summed E-state index contributed by atoms with van der Waals surface area (Å²) in [6.07, 6.45) is 7.50. The number of imidazole rings is 1. The smallest absolute Gasteiger partial charge is 0.304 e. The number of amides is 1. The van der Waals surface area contributed by atoms with E-state index in [1.54, 1.807) is 18.5 Å². The van der Waals surface area contributed by atoms with Gasteiger partial charge in [0.15, 0.2) is 0 Å². The first-order valence-electron chi connectivity index (χ1n) is 4.16. The number of carbonyl (C=O) groups excluding carboxylic acids is 1. The minimum atomic E-state index is -0.331. The molecular formula is C9H7ClN4O. The average Bonchev–Trinajstić information content (AvgIpc) is 2.74. The molecule has 0 aliphatic carbocycles. The minimum Gasteiger partial charge on any atom is -0.304 e. The number of rotatable bonds is 1. The monoisotopic (exact) mass is 222 g/mol. The summed E-state index contributed by atoms with van der Waals surface area (Å²) in [5.41, 5.74) is 0.470. The molecule has 2 aromatic rings.